The molecule has 3 heteroatoms. The number of hydrogen-bond donors (Lipinski definition) is 2. The zero-order valence-corrected chi connectivity index (χ0v) is 10.6. The van der Waals surface area contributed by atoms with Gasteiger partial charge in [0.15, 0.2) is 0 Å². The van der Waals surface area contributed by atoms with Gasteiger partial charge in [0, 0.05) is 23.0 Å². The van der Waals surface area contributed by atoms with Gasteiger partial charge < -0.3 is 14.8 Å². The van der Waals surface area contributed by atoms with E-state index in [9.17, 15) is 5.11 Å². The average Bonchev–Trinajstić information content (AvgIpc) is 2.67. The summed E-state index contributed by atoms with van der Waals surface area (Å²) in [5.74, 6) is 0. The highest BCUT2D eigenvalue weighted by atomic mass is 16.5. The van der Waals surface area contributed by atoms with Crippen LogP contribution in [0.1, 0.15) is 11.3 Å². The fourth-order valence-electron chi connectivity index (χ4n) is 2.18. The Morgan fingerprint density at radius 2 is 2.22 bits per heavy atom. The minimum absolute atomic E-state index is 0.338. The second-order valence-electron chi connectivity index (χ2n) is 4.46. The normalized spacial score (nSPS) is 12.8. The van der Waals surface area contributed by atoms with Crippen molar-refractivity contribution in [1.29, 1.82) is 0 Å². The van der Waals surface area contributed by atoms with Gasteiger partial charge in [-0.05, 0) is 18.6 Å². The van der Waals surface area contributed by atoms with Crippen molar-refractivity contribution in [3.63, 3.8) is 0 Å². The van der Waals surface area contributed by atoms with Crippen molar-refractivity contribution in [3.05, 3.63) is 48.2 Å². The van der Waals surface area contributed by atoms with Gasteiger partial charge in [-0.2, -0.15) is 0 Å². The molecule has 0 aliphatic rings. The lowest BCUT2D eigenvalue weighted by atomic mass is 10.0. The number of rotatable bonds is 6. The van der Waals surface area contributed by atoms with Crippen molar-refractivity contribution in [2.75, 3.05) is 13.2 Å². The van der Waals surface area contributed by atoms with Gasteiger partial charge in [0.25, 0.3) is 0 Å². The smallest absolute Gasteiger partial charge is 0.0814 e. The summed E-state index contributed by atoms with van der Waals surface area (Å²) in [6.07, 6.45) is 1.80. The predicted octanol–water partition coefficient (Wildman–Crippen LogP) is 2.58. The number of aromatic nitrogens is 1. The van der Waals surface area contributed by atoms with Crippen molar-refractivity contribution >= 4 is 10.9 Å². The molecule has 0 aliphatic heterocycles. The highest BCUT2D eigenvalue weighted by Crippen LogP contribution is 2.23. The Kier molecular flexibility index (Phi) is 4.18. The summed E-state index contributed by atoms with van der Waals surface area (Å²) < 4.78 is 5.27. The van der Waals surface area contributed by atoms with Crippen molar-refractivity contribution in [1.82, 2.24) is 4.98 Å². The largest absolute Gasteiger partial charge is 0.390 e. The minimum Gasteiger partial charge on any atom is -0.390 e. The molecule has 2 rings (SSSR count). The van der Waals surface area contributed by atoms with Gasteiger partial charge in [-0.15, -0.1) is 6.58 Å². The first-order valence-electron chi connectivity index (χ1n) is 6.15. The predicted molar refractivity (Wildman–Crippen MR) is 73.8 cm³/mol. The van der Waals surface area contributed by atoms with Gasteiger partial charge in [0.05, 0.1) is 19.3 Å². The van der Waals surface area contributed by atoms with Crippen LogP contribution in [-0.2, 0) is 11.2 Å². The van der Waals surface area contributed by atoms with Crippen molar-refractivity contribution in [2.45, 2.75) is 19.4 Å². The lowest BCUT2D eigenvalue weighted by molar-refractivity contribution is 0.0498. The molecule has 0 fully saturated rings. The fourth-order valence-corrected chi connectivity index (χ4v) is 2.18. The van der Waals surface area contributed by atoms with Crippen LogP contribution in [0.3, 0.4) is 0 Å². The molecule has 1 atom stereocenters. The molecule has 0 saturated carbocycles. The third kappa shape index (κ3) is 2.81. The summed E-state index contributed by atoms with van der Waals surface area (Å²) in [6, 6.07) is 8.14. The summed E-state index contributed by atoms with van der Waals surface area (Å²) in [7, 11) is 0. The number of benzene rings is 1. The lowest BCUT2D eigenvalue weighted by Gasteiger charge is -2.10. The molecule has 18 heavy (non-hydrogen) atoms. The molecule has 1 aromatic carbocycles. The van der Waals surface area contributed by atoms with Crippen molar-refractivity contribution < 1.29 is 9.84 Å². The maximum absolute atomic E-state index is 9.96. The number of ether oxygens (including phenoxy) is 1. The molecule has 96 valence electrons. The maximum atomic E-state index is 9.96. The summed E-state index contributed by atoms with van der Waals surface area (Å²) in [5.41, 5.74) is 3.39. The van der Waals surface area contributed by atoms with E-state index in [0.29, 0.717) is 19.6 Å². The van der Waals surface area contributed by atoms with Gasteiger partial charge in [0.2, 0.25) is 0 Å². The summed E-state index contributed by atoms with van der Waals surface area (Å²) in [4.78, 5) is 3.33. The van der Waals surface area contributed by atoms with E-state index < -0.39 is 6.10 Å². The second kappa shape index (κ2) is 5.85. The lowest BCUT2D eigenvalue weighted by Crippen LogP contribution is -2.18. The first-order valence-corrected chi connectivity index (χ1v) is 6.15. The van der Waals surface area contributed by atoms with Gasteiger partial charge in [-0.25, -0.2) is 0 Å². The Labute approximate surface area is 107 Å². The van der Waals surface area contributed by atoms with E-state index >= 15 is 0 Å². The Morgan fingerprint density at radius 3 is 3.00 bits per heavy atom. The molecule has 1 aromatic heterocycles. The van der Waals surface area contributed by atoms with E-state index in [2.05, 4.69) is 17.6 Å². The number of fused-ring (bicyclic) bond motifs is 1. The number of nitrogens with one attached hydrogen (secondary N) is 1. The molecule has 0 saturated heterocycles. The molecule has 0 radical (unpaired) electrons. The molecule has 1 unspecified atom stereocenters. The molecule has 1 heterocycles. The maximum Gasteiger partial charge on any atom is 0.0814 e. The quantitative estimate of drug-likeness (QED) is 0.607. The third-order valence-corrected chi connectivity index (χ3v) is 3.01. The minimum atomic E-state index is -0.483. The monoisotopic (exact) mass is 245 g/mol. The van der Waals surface area contributed by atoms with Crippen LogP contribution in [0.4, 0.5) is 0 Å². The number of hydrogen-bond acceptors (Lipinski definition) is 2. The zero-order valence-electron chi connectivity index (χ0n) is 10.6. The molecule has 2 N–H and O–H groups in total. The van der Waals surface area contributed by atoms with Crippen LogP contribution in [0.5, 0.6) is 0 Å². The molecule has 3 nitrogen and oxygen atoms in total. The van der Waals surface area contributed by atoms with Crippen LogP contribution < -0.4 is 0 Å². The Bertz CT molecular complexity index is 530. The standard InChI is InChI=1S/C15H19NO2/c1-3-8-18-10-12(17)9-14-11(2)16-15-7-5-4-6-13(14)15/h3-7,12,16-17H,1,8-10H2,2H3. The van der Waals surface area contributed by atoms with Crippen LogP contribution in [0.25, 0.3) is 10.9 Å². The summed E-state index contributed by atoms with van der Waals surface area (Å²) >= 11 is 0. The van der Waals surface area contributed by atoms with Crippen LogP contribution in [-0.4, -0.2) is 29.4 Å². The van der Waals surface area contributed by atoms with E-state index in [-0.39, 0.29) is 0 Å². The van der Waals surface area contributed by atoms with E-state index in [4.69, 9.17) is 4.74 Å². The molecule has 0 amide bonds. The molecule has 0 aliphatic carbocycles. The first kappa shape index (κ1) is 12.9. The molecule has 2 aromatic rings. The first-order chi connectivity index (χ1) is 8.72. The van der Waals surface area contributed by atoms with Gasteiger partial charge in [0.1, 0.15) is 0 Å². The Morgan fingerprint density at radius 1 is 1.44 bits per heavy atom. The van der Waals surface area contributed by atoms with E-state index in [1.807, 2.05) is 25.1 Å². The fraction of sp³-hybridized carbons (Fsp3) is 0.333. The topological polar surface area (TPSA) is 45.2 Å². The van der Waals surface area contributed by atoms with Crippen LogP contribution in [0.15, 0.2) is 36.9 Å². The summed E-state index contributed by atoms with van der Waals surface area (Å²) in [5, 5.41) is 11.1. The van der Waals surface area contributed by atoms with Crippen molar-refractivity contribution in [3.8, 4) is 0 Å². The number of para-hydroxylation sites is 1. The van der Waals surface area contributed by atoms with Gasteiger partial charge >= 0.3 is 0 Å². The number of H-pyrrole nitrogens is 1. The molecular weight excluding hydrogens is 226 g/mol. The third-order valence-electron chi connectivity index (χ3n) is 3.01. The van der Waals surface area contributed by atoms with Gasteiger partial charge in [-0.1, -0.05) is 24.3 Å². The summed E-state index contributed by atoms with van der Waals surface area (Å²) in [6.45, 7) is 6.43. The van der Waals surface area contributed by atoms with E-state index in [0.717, 1.165) is 11.2 Å². The molecule has 0 bridgehead atoms. The van der Waals surface area contributed by atoms with Crippen LogP contribution in [0.2, 0.25) is 0 Å². The second-order valence-corrected chi connectivity index (χ2v) is 4.46. The number of aliphatic hydroxyl groups is 1. The molecular formula is C15H19NO2. The van der Waals surface area contributed by atoms with E-state index in [1.54, 1.807) is 6.08 Å². The Balaban J connectivity index is 2.11. The van der Waals surface area contributed by atoms with Crippen LogP contribution >= 0.6 is 0 Å². The Hall–Kier alpha value is -1.58. The molecule has 0 spiro atoms. The number of aryl methyl sites for hydroxylation is 1. The number of aromatic amines is 1. The van der Waals surface area contributed by atoms with Crippen LogP contribution in [0, 0.1) is 6.92 Å². The van der Waals surface area contributed by atoms with Crippen molar-refractivity contribution in [2.24, 2.45) is 0 Å². The number of aliphatic hydroxyl groups excluding tert-OH is 1. The SMILES string of the molecule is C=CCOCC(O)Cc1c(C)[nH]c2ccccc12. The average molecular weight is 245 g/mol. The highest BCUT2D eigenvalue weighted by molar-refractivity contribution is 5.84. The van der Waals surface area contributed by atoms with Gasteiger partial charge in [-0.3, -0.25) is 0 Å². The zero-order chi connectivity index (χ0) is 13.0. The highest BCUT2D eigenvalue weighted by Gasteiger charge is 2.12. The van der Waals surface area contributed by atoms with E-state index in [1.165, 1.54) is 10.9 Å².